The second-order valence-corrected chi connectivity index (χ2v) is 15.3. The van der Waals surface area contributed by atoms with E-state index in [2.05, 4.69) is 21.3 Å². The number of aromatic amines is 1. The van der Waals surface area contributed by atoms with Crippen LogP contribution in [0.15, 0.2) is 66.9 Å². The van der Waals surface area contributed by atoms with E-state index in [-0.39, 0.29) is 25.1 Å². The molecule has 5 aromatic rings. The van der Waals surface area contributed by atoms with Crippen molar-refractivity contribution in [1.82, 2.24) is 30.1 Å². The highest BCUT2D eigenvalue weighted by Crippen LogP contribution is 2.42. The number of hydrogen-bond donors (Lipinski definition) is 3. The number of methoxy groups -OCH3 is 1. The molecule has 1 aliphatic rings. The van der Waals surface area contributed by atoms with Crippen molar-refractivity contribution >= 4 is 46.2 Å². The summed E-state index contributed by atoms with van der Waals surface area (Å²) in [6.07, 6.45) is 3.39. The average Bonchev–Trinajstić information content (AvgIpc) is 3.75. The molecule has 3 N–H and O–H groups in total. The fourth-order valence-corrected chi connectivity index (χ4v) is 7.27. The third kappa shape index (κ3) is 8.98. The minimum Gasteiger partial charge on any atom is -0.481 e. The number of nitrogens with zero attached hydrogens (tertiary/aromatic N) is 4. The van der Waals surface area contributed by atoms with Gasteiger partial charge < -0.3 is 34.7 Å². The number of likely N-dealkylation sites (N-methyl/N-ethyl adjacent to an activating group) is 1. The maximum absolute atomic E-state index is 13.3. The Labute approximate surface area is 325 Å². The van der Waals surface area contributed by atoms with E-state index in [9.17, 15) is 14.7 Å². The van der Waals surface area contributed by atoms with Crippen molar-refractivity contribution in [1.29, 1.82) is 0 Å². The fourth-order valence-electron chi connectivity index (χ4n) is 6.62. The molecular weight excluding hydrogens is 727 g/mol. The molecule has 13 heteroatoms. The number of amides is 2. The van der Waals surface area contributed by atoms with Crippen LogP contribution in [0.2, 0.25) is 10.0 Å². The van der Waals surface area contributed by atoms with E-state index in [1.54, 1.807) is 4.90 Å². The minimum atomic E-state index is -0.694. The Balaban J connectivity index is 1.26. The Morgan fingerprint density at radius 3 is 2.19 bits per heavy atom. The summed E-state index contributed by atoms with van der Waals surface area (Å²) in [6, 6.07) is 19.1. The number of fused-ring (bicyclic) bond motifs is 1. The van der Waals surface area contributed by atoms with Crippen LogP contribution in [-0.4, -0.2) is 93.9 Å². The number of nitrogens with one attached hydrogen (secondary N) is 2. The Morgan fingerprint density at radius 1 is 0.926 bits per heavy atom. The molecule has 6 rings (SSSR count). The number of benzene rings is 2. The van der Waals surface area contributed by atoms with Crippen LogP contribution in [0, 0.1) is 0 Å². The molecule has 284 valence electrons. The van der Waals surface area contributed by atoms with Gasteiger partial charge in [-0.1, -0.05) is 59.6 Å². The first kappa shape index (κ1) is 39.0. The molecule has 11 nitrogen and oxygen atoms in total. The number of ether oxygens (including phenoxy) is 2. The van der Waals surface area contributed by atoms with Gasteiger partial charge in [-0.2, -0.15) is 0 Å². The highest BCUT2D eigenvalue weighted by atomic mass is 35.5. The molecule has 1 saturated heterocycles. The normalized spacial score (nSPS) is 14.5. The molecule has 3 aromatic heterocycles. The summed E-state index contributed by atoms with van der Waals surface area (Å²) in [7, 11) is 3.53. The van der Waals surface area contributed by atoms with E-state index in [1.165, 1.54) is 7.11 Å². The van der Waals surface area contributed by atoms with E-state index < -0.39 is 11.7 Å². The lowest BCUT2D eigenvalue weighted by Crippen LogP contribution is -2.43. The number of aromatic nitrogens is 3. The highest BCUT2D eigenvalue weighted by molar-refractivity contribution is 6.39. The van der Waals surface area contributed by atoms with E-state index >= 15 is 0 Å². The number of aliphatic hydroxyl groups is 1. The minimum absolute atomic E-state index is 0.0286. The number of carbonyl (C=O) groups is 2. The number of rotatable bonds is 13. The number of aliphatic hydroxyl groups excluding tert-OH is 1. The predicted octanol–water partition coefficient (Wildman–Crippen LogP) is 7.76. The molecule has 4 heterocycles. The Hall–Kier alpha value is -4.68. The molecule has 1 fully saturated rings. The van der Waals surface area contributed by atoms with Gasteiger partial charge in [-0.3, -0.25) is 4.79 Å². The first-order chi connectivity index (χ1) is 25.8. The number of carbonyl (C=O) groups excluding carboxylic acids is 2. The van der Waals surface area contributed by atoms with Gasteiger partial charge in [0.2, 0.25) is 11.8 Å². The van der Waals surface area contributed by atoms with Crippen molar-refractivity contribution in [2.45, 2.75) is 58.2 Å². The summed E-state index contributed by atoms with van der Waals surface area (Å²) < 4.78 is 11.4. The maximum Gasteiger partial charge on any atom is 0.410 e. The summed E-state index contributed by atoms with van der Waals surface area (Å²) >= 11 is 14.3. The smallest absolute Gasteiger partial charge is 0.410 e. The largest absolute Gasteiger partial charge is 0.481 e. The summed E-state index contributed by atoms with van der Waals surface area (Å²) in [4.78, 5) is 41.9. The molecule has 2 aromatic carbocycles. The lowest BCUT2D eigenvalue weighted by Gasteiger charge is -2.29. The molecule has 0 bridgehead atoms. The van der Waals surface area contributed by atoms with Gasteiger partial charge in [0.1, 0.15) is 11.2 Å². The van der Waals surface area contributed by atoms with Gasteiger partial charge in [0.05, 0.1) is 41.7 Å². The van der Waals surface area contributed by atoms with Crippen LogP contribution in [0.4, 0.5) is 4.79 Å². The van der Waals surface area contributed by atoms with Gasteiger partial charge in [-0.15, -0.1) is 0 Å². The summed E-state index contributed by atoms with van der Waals surface area (Å²) in [5, 5.41) is 14.2. The molecule has 0 unspecified atom stereocenters. The third-order valence-corrected chi connectivity index (χ3v) is 10.2. The van der Waals surface area contributed by atoms with Gasteiger partial charge in [0.15, 0.2) is 0 Å². The van der Waals surface area contributed by atoms with Crippen LogP contribution in [0.25, 0.3) is 44.7 Å². The number of H-pyrrole nitrogens is 1. The van der Waals surface area contributed by atoms with Gasteiger partial charge in [-0.05, 0) is 70.5 Å². The van der Waals surface area contributed by atoms with E-state index in [0.29, 0.717) is 58.7 Å². The number of hydrogen-bond acceptors (Lipinski definition) is 8. The van der Waals surface area contributed by atoms with Gasteiger partial charge in [0, 0.05) is 71.5 Å². The topological polar surface area (TPSA) is 133 Å². The van der Waals surface area contributed by atoms with Crippen molar-refractivity contribution < 1.29 is 24.2 Å². The van der Waals surface area contributed by atoms with Crippen LogP contribution in [-0.2, 0) is 22.5 Å². The van der Waals surface area contributed by atoms with Crippen LogP contribution in [0.3, 0.4) is 0 Å². The van der Waals surface area contributed by atoms with E-state index in [1.807, 2.05) is 88.6 Å². The molecule has 1 aliphatic heterocycles. The second-order valence-electron chi connectivity index (χ2n) is 14.5. The van der Waals surface area contributed by atoms with Gasteiger partial charge in [-0.25, -0.2) is 14.8 Å². The standard InChI is InChI=1S/C41H46Cl2N6O5/c1-41(2,3)54-40(52)49(24-27-13-17-35(51)45-27)23-26-12-15-34(47-39(26)53-5)32-11-7-9-30(37(32)43)29-8-6-10-31(36(29)42)33-16-14-28-25(22-44-38(28)46-33)18-19-48(4)20-21-50/h6-12,14-16,22,27,50H,13,17-21,23-24H2,1-5H3,(H,44,46)(H,45,51)/t27-/m0/s1. The zero-order chi connectivity index (χ0) is 38.6. The molecule has 2 amide bonds. The molecule has 0 aliphatic carbocycles. The zero-order valence-electron chi connectivity index (χ0n) is 31.2. The lowest BCUT2D eigenvalue weighted by molar-refractivity contribution is -0.119. The van der Waals surface area contributed by atoms with Crippen molar-refractivity contribution in [3.8, 4) is 39.5 Å². The van der Waals surface area contributed by atoms with Crippen molar-refractivity contribution in [2.75, 3.05) is 40.4 Å². The molecule has 0 radical (unpaired) electrons. The first-order valence-electron chi connectivity index (χ1n) is 18.0. The van der Waals surface area contributed by atoms with E-state index in [0.717, 1.165) is 51.9 Å². The summed E-state index contributed by atoms with van der Waals surface area (Å²) in [5.74, 6) is 0.309. The monoisotopic (exact) mass is 772 g/mol. The fraction of sp³-hybridized carbons (Fsp3) is 0.366. The molecule has 0 spiro atoms. The summed E-state index contributed by atoms with van der Waals surface area (Å²) in [5.41, 5.74) is 6.16. The van der Waals surface area contributed by atoms with Crippen LogP contribution in [0.5, 0.6) is 5.88 Å². The zero-order valence-corrected chi connectivity index (χ0v) is 32.7. The SMILES string of the molecule is COc1nc(-c2cccc(-c3cccc(-c4ccc5c(CCN(C)CCO)c[nH]c5n4)c3Cl)c2Cl)ccc1CN(C[C@@H]1CCC(=O)N1)C(=O)OC(C)(C)C. The molecular formula is C41H46Cl2N6O5. The van der Waals surface area contributed by atoms with Gasteiger partial charge in [0.25, 0.3) is 0 Å². The Bertz CT molecular complexity index is 2150. The summed E-state index contributed by atoms with van der Waals surface area (Å²) in [6.45, 7) is 7.49. The number of pyridine rings is 2. The first-order valence-corrected chi connectivity index (χ1v) is 18.8. The number of halogens is 2. The average molecular weight is 774 g/mol. The van der Waals surface area contributed by atoms with E-state index in [4.69, 9.17) is 42.6 Å². The second kappa shape index (κ2) is 16.8. The highest BCUT2D eigenvalue weighted by Gasteiger charge is 2.29. The third-order valence-electron chi connectivity index (χ3n) is 9.38. The van der Waals surface area contributed by atoms with Crippen LogP contribution in [0.1, 0.15) is 44.7 Å². The van der Waals surface area contributed by atoms with Crippen molar-refractivity contribution in [3.05, 3.63) is 88.0 Å². The molecule has 0 saturated carbocycles. The van der Waals surface area contributed by atoms with Crippen LogP contribution < -0.4 is 10.1 Å². The Morgan fingerprint density at radius 2 is 1.57 bits per heavy atom. The molecule has 54 heavy (non-hydrogen) atoms. The van der Waals surface area contributed by atoms with Crippen LogP contribution >= 0.6 is 23.2 Å². The van der Waals surface area contributed by atoms with Crippen molar-refractivity contribution in [3.63, 3.8) is 0 Å². The predicted molar refractivity (Wildman–Crippen MR) is 213 cm³/mol. The Kier molecular flexibility index (Phi) is 12.1. The van der Waals surface area contributed by atoms with Crippen molar-refractivity contribution in [2.24, 2.45) is 0 Å². The quantitative estimate of drug-likeness (QED) is 0.111. The van der Waals surface area contributed by atoms with Gasteiger partial charge >= 0.3 is 6.09 Å². The maximum atomic E-state index is 13.3. The molecule has 1 atom stereocenters. The lowest BCUT2D eigenvalue weighted by atomic mass is 9.98.